The van der Waals surface area contributed by atoms with Crippen LogP contribution >= 0.6 is 63.7 Å². The molecule has 0 heterocycles. The first kappa shape index (κ1) is 19.1. The van der Waals surface area contributed by atoms with Crippen molar-refractivity contribution in [3.05, 3.63) is 30.3 Å². The Morgan fingerprint density at radius 1 is 0.950 bits per heavy atom. The van der Waals surface area contributed by atoms with Gasteiger partial charge in [0.1, 0.15) is 0 Å². The number of rotatable bonds is 8. The number of hydrogen-bond donors (Lipinski definition) is 0. The highest BCUT2D eigenvalue weighted by Gasteiger charge is 2.27. The van der Waals surface area contributed by atoms with Gasteiger partial charge in [0.25, 0.3) is 0 Å². The molecular weight excluding hydrogens is 542 g/mol. The van der Waals surface area contributed by atoms with Gasteiger partial charge < -0.3 is 0 Å². The van der Waals surface area contributed by atoms with E-state index in [4.69, 9.17) is 0 Å². The molecule has 0 radical (unpaired) electrons. The zero-order chi connectivity index (χ0) is 15.2. The quantitative estimate of drug-likeness (QED) is 0.454. The zero-order valence-corrected chi connectivity index (χ0v) is 17.7. The zero-order valence-electron chi connectivity index (χ0n) is 10.6. The summed E-state index contributed by atoms with van der Waals surface area (Å²) in [5.74, 6) is 0. The number of hydrogen-bond acceptors (Lipinski definition) is 2. The van der Waals surface area contributed by atoms with E-state index < -0.39 is 10.0 Å². The van der Waals surface area contributed by atoms with Crippen LogP contribution in [0.15, 0.2) is 35.2 Å². The van der Waals surface area contributed by atoms with Gasteiger partial charge >= 0.3 is 0 Å². The fraction of sp³-hybridized carbons (Fsp3) is 0.500. The topological polar surface area (TPSA) is 37.4 Å². The van der Waals surface area contributed by atoms with E-state index in [1.54, 1.807) is 30.3 Å². The van der Waals surface area contributed by atoms with Crippen molar-refractivity contribution in [2.45, 2.75) is 14.5 Å². The Balaban J connectivity index is 3.02. The second-order valence-electron chi connectivity index (χ2n) is 4.14. The van der Waals surface area contributed by atoms with E-state index in [1.807, 2.05) is 0 Å². The Bertz CT molecular complexity index is 485. The van der Waals surface area contributed by atoms with Crippen LogP contribution in [-0.2, 0) is 10.0 Å². The first-order chi connectivity index (χ1) is 9.41. The van der Waals surface area contributed by atoms with Crippen molar-refractivity contribution in [2.75, 3.05) is 23.7 Å². The molecule has 20 heavy (non-hydrogen) atoms. The van der Waals surface area contributed by atoms with Gasteiger partial charge in [0.15, 0.2) is 0 Å². The molecule has 0 aromatic heterocycles. The summed E-state index contributed by atoms with van der Waals surface area (Å²) in [5, 5.41) is 1.38. The second-order valence-corrected chi connectivity index (χ2v) is 9.96. The van der Waals surface area contributed by atoms with Crippen LogP contribution in [0.4, 0.5) is 0 Å². The third-order valence-corrected chi connectivity index (χ3v) is 8.89. The summed E-state index contributed by atoms with van der Waals surface area (Å²) in [5.41, 5.74) is 0. The summed E-state index contributed by atoms with van der Waals surface area (Å²) in [4.78, 5) is 0.454. The molecule has 1 aromatic rings. The van der Waals surface area contributed by atoms with E-state index in [2.05, 4.69) is 63.7 Å². The molecule has 2 unspecified atom stereocenters. The average molecular weight is 557 g/mol. The lowest BCUT2D eigenvalue weighted by Crippen LogP contribution is -2.40. The summed E-state index contributed by atoms with van der Waals surface area (Å²) in [7, 11) is -3.48. The Kier molecular flexibility index (Phi) is 8.83. The van der Waals surface area contributed by atoms with Crippen LogP contribution in [-0.4, -0.2) is 46.1 Å². The standard InChI is InChI=1S/C12H15Br4NO2S/c13-6-10(15)8-17(9-11(16)7-14)20(18,19)12-4-2-1-3-5-12/h1-5,10-11H,6-9H2. The van der Waals surface area contributed by atoms with E-state index >= 15 is 0 Å². The first-order valence-corrected chi connectivity index (χ1v) is 11.4. The maximum atomic E-state index is 12.7. The van der Waals surface area contributed by atoms with Gasteiger partial charge in [-0.15, -0.1) is 0 Å². The molecule has 2 atom stereocenters. The van der Waals surface area contributed by atoms with Crippen LogP contribution in [0.1, 0.15) is 0 Å². The van der Waals surface area contributed by atoms with Crippen molar-refractivity contribution in [1.29, 1.82) is 0 Å². The van der Waals surface area contributed by atoms with E-state index in [0.29, 0.717) is 28.6 Å². The van der Waals surface area contributed by atoms with E-state index in [1.165, 1.54) is 4.31 Å². The van der Waals surface area contributed by atoms with Gasteiger partial charge in [0.2, 0.25) is 10.0 Å². The monoisotopic (exact) mass is 553 g/mol. The van der Waals surface area contributed by atoms with Crippen molar-refractivity contribution in [3.63, 3.8) is 0 Å². The number of benzene rings is 1. The van der Waals surface area contributed by atoms with Crippen LogP contribution in [0.5, 0.6) is 0 Å². The van der Waals surface area contributed by atoms with E-state index in [-0.39, 0.29) is 9.65 Å². The van der Waals surface area contributed by atoms with Crippen molar-refractivity contribution in [2.24, 2.45) is 0 Å². The van der Waals surface area contributed by atoms with Crippen LogP contribution < -0.4 is 0 Å². The van der Waals surface area contributed by atoms with Gasteiger partial charge in [0.05, 0.1) is 4.90 Å². The van der Waals surface area contributed by atoms with Gasteiger partial charge in [-0.2, -0.15) is 4.31 Å². The molecule has 0 aliphatic heterocycles. The molecule has 0 aliphatic carbocycles. The maximum Gasteiger partial charge on any atom is 0.243 e. The Morgan fingerprint density at radius 3 is 1.80 bits per heavy atom. The summed E-state index contributed by atoms with van der Waals surface area (Å²) in [6.07, 6.45) is 0. The van der Waals surface area contributed by atoms with Crippen LogP contribution in [0.2, 0.25) is 0 Å². The SMILES string of the molecule is O=S(=O)(c1ccccc1)N(CC(Br)CBr)CC(Br)CBr. The second kappa shape index (κ2) is 9.25. The highest BCUT2D eigenvalue weighted by atomic mass is 79.9. The Morgan fingerprint density at radius 2 is 1.40 bits per heavy atom. The number of alkyl halides is 4. The molecule has 0 saturated carbocycles. The smallest absolute Gasteiger partial charge is 0.207 e. The van der Waals surface area contributed by atoms with Crippen molar-refractivity contribution < 1.29 is 8.42 Å². The number of halogens is 4. The van der Waals surface area contributed by atoms with Crippen molar-refractivity contribution in [3.8, 4) is 0 Å². The highest BCUT2D eigenvalue weighted by Crippen LogP contribution is 2.20. The van der Waals surface area contributed by atoms with Gasteiger partial charge in [-0.1, -0.05) is 81.9 Å². The summed E-state index contributed by atoms with van der Waals surface area (Å²) >= 11 is 13.7. The van der Waals surface area contributed by atoms with Gasteiger partial charge in [-0.05, 0) is 12.1 Å². The van der Waals surface area contributed by atoms with Gasteiger partial charge in [-0.25, -0.2) is 8.42 Å². The molecule has 0 bridgehead atoms. The average Bonchev–Trinajstić information content (AvgIpc) is 2.46. The molecule has 0 aliphatic rings. The minimum Gasteiger partial charge on any atom is -0.207 e. The lowest BCUT2D eigenvalue weighted by atomic mass is 10.4. The molecule has 1 aromatic carbocycles. The van der Waals surface area contributed by atoms with Crippen molar-refractivity contribution >= 4 is 73.7 Å². The summed E-state index contributed by atoms with van der Waals surface area (Å²) in [6, 6.07) is 8.52. The van der Waals surface area contributed by atoms with E-state index in [9.17, 15) is 8.42 Å². The minimum absolute atomic E-state index is 0.0658. The minimum atomic E-state index is -3.48. The Hall–Kier alpha value is 1.05. The Labute approximate surface area is 154 Å². The molecular formula is C12H15Br4NO2S. The molecule has 0 N–H and O–H groups in total. The molecule has 0 saturated heterocycles. The molecule has 0 spiro atoms. The third kappa shape index (κ3) is 5.68. The van der Waals surface area contributed by atoms with E-state index in [0.717, 1.165) is 0 Å². The maximum absolute atomic E-state index is 12.7. The van der Waals surface area contributed by atoms with Crippen molar-refractivity contribution in [1.82, 2.24) is 4.31 Å². The molecule has 8 heteroatoms. The molecule has 114 valence electrons. The normalized spacial score (nSPS) is 15.2. The predicted molar refractivity (Wildman–Crippen MR) is 98.2 cm³/mol. The third-order valence-electron chi connectivity index (χ3n) is 2.52. The molecule has 0 amide bonds. The van der Waals surface area contributed by atoms with Gasteiger partial charge in [0, 0.05) is 33.4 Å². The highest BCUT2D eigenvalue weighted by molar-refractivity contribution is 9.12. The number of nitrogens with zero attached hydrogens (tertiary/aromatic N) is 1. The fourth-order valence-corrected chi connectivity index (χ4v) is 4.60. The number of sulfonamides is 1. The first-order valence-electron chi connectivity index (χ1n) is 5.87. The lowest BCUT2D eigenvalue weighted by molar-refractivity contribution is 0.422. The van der Waals surface area contributed by atoms with Crippen LogP contribution in [0.3, 0.4) is 0 Å². The molecule has 1 rings (SSSR count). The van der Waals surface area contributed by atoms with Gasteiger partial charge in [-0.3, -0.25) is 0 Å². The van der Waals surface area contributed by atoms with Crippen LogP contribution in [0.25, 0.3) is 0 Å². The molecule has 3 nitrogen and oxygen atoms in total. The summed E-state index contributed by atoms with van der Waals surface area (Å²) in [6.45, 7) is 0.829. The van der Waals surface area contributed by atoms with Crippen LogP contribution in [0, 0.1) is 0 Å². The fourth-order valence-electron chi connectivity index (χ4n) is 1.55. The largest absolute Gasteiger partial charge is 0.243 e. The predicted octanol–water partition coefficient (Wildman–Crippen LogP) is 3.99. The molecule has 0 fully saturated rings. The lowest BCUT2D eigenvalue weighted by Gasteiger charge is -2.25. The summed E-state index contributed by atoms with van der Waals surface area (Å²) < 4.78 is 26.9.